The number of hydrogen-bond acceptors (Lipinski definition) is 4. The number of Topliss-reactive ketones (excluding diaryl/α,β-unsaturated/α-hetero) is 2. The summed E-state index contributed by atoms with van der Waals surface area (Å²) < 4.78 is 0. The molecule has 1 aliphatic carbocycles. The first-order chi connectivity index (χ1) is 13.6. The first-order valence-corrected chi connectivity index (χ1v) is 11.8. The standard InChI is InChI=1S/C26H48N2O2/c1-17(2)23(29)25(10,27(11)19(5)6)14-13-22-16-26(15-21(22)9,24(30)18(3)4)28(12)20(7)8/h17-20H,13-16H2,1-12H3. The summed E-state index contributed by atoms with van der Waals surface area (Å²) in [5.41, 5.74) is 1.77. The Morgan fingerprint density at radius 2 is 1.47 bits per heavy atom. The van der Waals surface area contributed by atoms with Crippen molar-refractivity contribution >= 4 is 11.6 Å². The molecule has 0 aliphatic heterocycles. The molecule has 0 aromatic carbocycles. The molecule has 4 nitrogen and oxygen atoms in total. The quantitative estimate of drug-likeness (QED) is 0.414. The number of ketones is 2. The number of carbonyl (C=O) groups excluding carboxylic acids is 2. The summed E-state index contributed by atoms with van der Waals surface area (Å²) in [7, 11) is 4.17. The molecule has 0 spiro atoms. The van der Waals surface area contributed by atoms with E-state index in [1.807, 2.05) is 27.7 Å². The van der Waals surface area contributed by atoms with Gasteiger partial charge in [0.2, 0.25) is 0 Å². The van der Waals surface area contributed by atoms with Gasteiger partial charge in [-0.05, 0) is 81.3 Å². The molecule has 0 amide bonds. The van der Waals surface area contributed by atoms with Gasteiger partial charge >= 0.3 is 0 Å². The molecular weight excluding hydrogens is 372 g/mol. The molecule has 2 unspecified atom stereocenters. The summed E-state index contributed by atoms with van der Waals surface area (Å²) in [6.45, 7) is 20.9. The maximum absolute atomic E-state index is 13.4. The molecule has 1 aliphatic rings. The average molecular weight is 421 g/mol. The van der Waals surface area contributed by atoms with Gasteiger partial charge in [0.1, 0.15) is 0 Å². The first-order valence-electron chi connectivity index (χ1n) is 11.8. The van der Waals surface area contributed by atoms with Crippen LogP contribution in [0.1, 0.15) is 94.9 Å². The zero-order valence-electron chi connectivity index (χ0n) is 21.8. The lowest BCUT2D eigenvalue weighted by Crippen LogP contribution is -2.56. The molecule has 0 aromatic heterocycles. The van der Waals surface area contributed by atoms with Crippen molar-refractivity contribution in [2.24, 2.45) is 11.8 Å². The Hall–Kier alpha value is -1.00. The second-order valence-electron chi connectivity index (χ2n) is 11.0. The lowest BCUT2D eigenvalue weighted by molar-refractivity contribution is -0.135. The fraction of sp³-hybridized carbons (Fsp3) is 0.846. The van der Waals surface area contributed by atoms with Crippen molar-refractivity contribution < 1.29 is 9.59 Å². The summed E-state index contributed by atoms with van der Waals surface area (Å²) >= 11 is 0. The Balaban J connectivity index is 3.19. The van der Waals surface area contributed by atoms with Crippen LogP contribution in [0, 0.1) is 11.8 Å². The van der Waals surface area contributed by atoms with E-state index in [0.29, 0.717) is 23.7 Å². The monoisotopic (exact) mass is 420 g/mol. The van der Waals surface area contributed by atoms with Gasteiger partial charge in [0, 0.05) is 23.9 Å². The zero-order valence-corrected chi connectivity index (χ0v) is 21.8. The fourth-order valence-electron chi connectivity index (χ4n) is 5.12. The van der Waals surface area contributed by atoms with Crippen LogP contribution in [0.15, 0.2) is 11.1 Å². The highest BCUT2D eigenvalue weighted by atomic mass is 16.1. The maximum atomic E-state index is 13.4. The van der Waals surface area contributed by atoms with Gasteiger partial charge in [-0.25, -0.2) is 0 Å². The van der Waals surface area contributed by atoms with E-state index in [1.165, 1.54) is 11.1 Å². The second-order valence-corrected chi connectivity index (χ2v) is 11.0. The Kier molecular flexibility index (Phi) is 9.08. The van der Waals surface area contributed by atoms with Crippen molar-refractivity contribution in [3.63, 3.8) is 0 Å². The van der Waals surface area contributed by atoms with Crippen molar-refractivity contribution in [3.8, 4) is 0 Å². The van der Waals surface area contributed by atoms with Crippen molar-refractivity contribution in [3.05, 3.63) is 11.1 Å². The van der Waals surface area contributed by atoms with E-state index in [4.69, 9.17) is 0 Å². The molecule has 0 heterocycles. The molecule has 0 bridgehead atoms. The van der Waals surface area contributed by atoms with E-state index in [1.54, 1.807) is 0 Å². The van der Waals surface area contributed by atoms with Gasteiger partial charge in [-0.3, -0.25) is 19.4 Å². The summed E-state index contributed by atoms with van der Waals surface area (Å²) in [4.78, 5) is 31.1. The van der Waals surface area contributed by atoms with Gasteiger partial charge in [0.05, 0.1) is 11.1 Å². The van der Waals surface area contributed by atoms with E-state index in [9.17, 15) is 9.59 Å². The smallest absolute Gasteiger partial charge is 0.156 e. The van der Waals surface area contributed by atoms with Crippen molar-refractivity contribution in [1.29, 1.82) is 0 Å². The van der Waals surface area contributed by atoms with Gasteiger partial charge < -0.3 is 0 Å². The highest BCUT2D eigenvalue weighted by Gasteiger charge is 2.48. The van der Waals surface area contributed by atoms with E-state index < -0.39 is 11.1 Å². The van der Waals surface area contributed by atoms with Crippen LogP contribution >= 0.6 is 0 Å². The minimum Gasteiger partial charge on any atom is -0.297 e. The van der Waals surface area contributed by atoms with E-state index in [-0.39, 0.29) is 11.8 Å². The van der Waals surface area contributed by atoms with Crippen LogP contribution in [0.25, 0.3) is 0 Å². The molecule has 0 radical (unpaired) electrons. The highest BCUT2D eigenvalue weighted by molar-refractivity contribution is 5.91. The van der Waals surface area contributed by atoms with Crippen LogP contribution in [-0.2, 0) is 9.59 Å². The van der Waals surface area contributed by atoms with Gasteiger partial charge in [-0.15, -0.1) is 0 Å². The van der Waals surface area contributed by atoms with Crippen LogP contribution in [0.4, 0.5) is 0 Å². The lowest BCUT2D eigenvalue weighted by atomic mass is 9.79. The van der Waals surface area contributed by atoms with E-state index in [2.05, 4.69) is 65.4 Å². The second kappa shape index (κ2) is 10.1. The third-order valence-electron chi connectivity index (χ3n) is 7.62. The van der Waals surface area contributed by atoms with Crippen LogP contribution in [-0.4, -0.2) is 58.6 Å². The van der Waals surface area contributed by atoms with Gasteiger partial charge in [-0.2, -0.15) is 0 Å². The topological polar surface area (TPSA) is 40.6 Å². The Morgan fingerprint density at radius 3 is 1.87 bits per heavy atom. The summed E-state index contributed by atoms with van der Waals surface area (Å²) in [5, 5.41) is 0. The largest absolute Gasteiger partial charge is 0.297 e. The fourth-order valence-corrected chi connectivity index (χ4v) is 5.12. The highest BCUT2D eigenvalue weighted by Crippen LogP contribution is 2.44. The third kappa shape index (κ3) is 5.24. The van der Waals surface area contributed by atoms with E-state index >= 15 is 0 Å². The normalized spacial score (nSPS) is 22.3. The SMILES string of the molecule is CC1=C(CCC(C)(C(=O)C(C)C)N(C)C(C)C)CC(C(=O)C(C)C)(N(C)C(C)C)C1. The molecule has 4 heteroatoms. The summed E-state index contributed by atoms with van der Waals surface area (Å²) in [6, 6.07) is 0.602. The van der Waals surface area contributed by atoms with Crippen molar-refractivity contribution in [2.45, 2.75) is 118 Å². The lowest BCUT2D eigenvalue weighted by Gasteiger charge is -2.43. The van der Waals surface area contributed by atoms with E-state index in [0.717, 1.165) is 25.7 Å². The molecule has 0 aromatic rings. The molecule has 30 heavy (non-hydrogen) atoms. The van der Waals surface area contributed by atoms with Crippen LogP contribution in [0.3, 0.4) is 0 Å². The molecule has 1 rings (SSSR count). The third-order valence-corrected chi connectivity index (χ3v) is 7.62. The first kappa shape index (κ1) is 27.0. The molecule has 0 fully saturated rings. The maximum Gasteiger partial charge on any atom is 0.156 e. The number of rotatable bonds is 11. The van der Waals surface area contributed by atoms with Crippen LogP contribution in [0.5, 0.6) is 0 Å². The summed E-state index contributed by atoms with van der Waals surface area (Å²) in [5.74, 6) is 0.661. The molecular formula is C26H48N2O2. The predicted molar refractivity (Wildman–Crippen MR) is 128 cm³/mol. The Bertz CT molecular complexity index is 662. The summed E-state index contributed by atoms with van der Waals surface area (Å²) in [6.07, 6.45) is 3.27. The number of carbonyl (C=O) groups is 2. The van der Waals surface area contributed by atoms with Gasteiger partial charge in [0.15, 0.2) is 11.6 Å². The number of hydrogen-bond donors (Lipinski definition) is 0. The van der Waals surface area contributed by atoms with Crippen LogP contribution in [0.2, 0.25) is 0 Å². The van der Waals surface area contributed by atoms with Crippen LogP contribution < -0.4 is 0 Å². The minimum atomic E-state index is -0.493. The molecule has 0 saturated heterocycles. The Morgan fingerprint density at radius 1 is 0.933 bits per heavy atom. The minimum absolute atomic E-state index is 0.00328. The number of likely N-dealkylation sites (N-methyl/N-ethyl adjacent to an activating group) is 2. The van der Waals surface area contributed by atoms with Gasteiger partial charge in [-0.1, -0.05) is 38.8 Å². The predicted octanol–water partition coefficient (Wildman–Crippen LogP) is 5.51. The number of nitrogens with zero attached hydrogens (tertiary/aromatic N) is 2. The molecule has 0 N–H and O–H groups in total. The zero-order chi connectivity index (χ0) is 23.6. The molecule has 2 atom stereocenters. The molecule has 174 valence electrons. The Labute approximate surface area is 186 Å². The van der Waals surface area contributed by atoms with Crippen molar-refractivity contribution in [1.82, 2.24) is 9.80 Å². The van der Waals surface area contributed by atoms with Crippen molar-refractivity contribution in [2.75, 3.05) is 14.1 Å². The average Bonchev–Trinajstić information content (AvgIpc) is 3.00. The molecule has 0 saturated carbocycles. The van der Waals surface area contributed by atoms with Gasteiger partial charge in [0.25, 0.3) is 0 Å².